The second kappa shape index (κ2) is 5.61. The Balaban J connectivity index is 1.88. The summed E-state index contributed by atoms with van der Waals surface area (Å²) in [5.41, 5.74) is 0.763. The van der Waals surface area contributed by atoms with Crippen molar-refractivity contribution in [2.75, 3.05) is 6.61 Å². The van der Waals surface area contributed by atoms with Crippen LogP contribution < -0.4 is 4.74 Å². The predicted octanol–water partition coefficient (Wildman–Crippen LogP) is 3.08. The molecule has 1 aromatic heterocycles. The van der Waals surface area contributed by atoms with E-state index in [1.165, 1.54) is 23.5 Å². The average Bonchev–Trinajstić information content (AvgIpc) is 2.72. The van der Waals surface area contributed by atoms with Crippen molar-refractivity contribution in [3.8, 4) is 11.8 Å². The van der Waals surface area contributed by atoms with Gasteiger partial charge < -0.3 is 4.74 Å². The molecule has 2 aromatic rings. The highest BCUT2D eigenvalue weighted by atomic mass is 32.1. The third kappa shape index (κ3) is 3.05. The molecule has 0 unspecified atom stereocenters. The molecular formula is C13H11FN2OS. The van der Waals surface area contributed by atoms with Crippen LogP contribution in [0, 0.1) is 24.1 Å². The molecule has 3 nitrogen and oxygen atoms in total. The maximum absolute atomic E-state index is 12.7. The highest BCUT2D eigenvalue weighted by Crippen LogP contribution is 2.18. The largest absolute Gasteiger partial charge is 0.493 e. The van der Waals surface area contributed by atoms with Crippen LogP contribution in [-0.4, -0.2) is 11.6 Å². The summed E-state index contributed by atoms with van der Waals surface area (Å²) in [6.07, 6.45) is 0.643. The molecular weight excluding hydrogens is 251 g/mol. The molecule has 5 heteroatoms. The zero-order valence-electron chi connectivity index (χ0n) is 9.81. The van der Waals surface area contributed by atoms with Crippen LogP contribution in [0.2, 0.25) is 0 Å². The maximum Gasteiger partial charge on any atom is 0.127 e. The van der Waals surface area contributed by atoms with Crippen LogP contribution in [0.25, 0.3) is 0 Å². The number of rotatable bonds is 4. The molecule has 0 aliphatic carbocycles. The number of hydrogen-bond donors (Lipinski definition) is 0. The topological polar surface area (TPSA) is 45.9 Å². The van der Waals surface area contributed by atoms with Gasteiger partial charge in [0.05, 0.1) is 17.3 Å². The summed E-state index contributed by atoms with van der Waals surface area (Å²) in [5.74, 6) is 0.349. The number of aromatic nitrogens is 1. The quantitative estimate of drug-likeness (QED) is 0.850. The van der Waals surface area contributed by atoms with E-state index in [1.54, 1.807) is 12.1 Å². The molecule has 0 aliphatic rings. The Morgan fingerprint density at radius 2 is 2.11 bits per heavy atom. The van der Waals surface area contributed by atoms with Crippen molar-refractivity contribution < 1.29 is 9.13 Å². The summed E-state index contributed by atoms with van der Waals surface area (Å²) < 4.78 is 18.1. The van der Waals surface area contributed by atoms with Gasteiger partial charge in [-0.1, -0.05) is 0 Å². The van der Waals surface area contributed by atoms with Gasteiger partial charge in [0.25, 0.3) is 0 Å². The van der Waals surface area contributed by atoms with Crippen LogP contribution in [0.4, 0.5) is 4.39 Å². The van der Waals surface area contributed by atoms with Crippen LogP contribution in [0.5, 0.6) is 5.75 Å². The van der Waals surface area contributed by atoms with E-state index in [0.717, 1.165) is 10.7 Å². The molecule has 0 saturated carbocycles. The Kier molecular flexibility index (Phi) is 3.90. The van der Waals surface area contributed by atoms with Gasteiger partial charge in [0, 0.05) is 6.42 Å². The number of nitrogens with zero attached hydrogens (tertiary/aromatic N) is 2. The normalized spacial score (nSPS) is 10.1. The zero-order chi connectivity index (χ0) is 13.0. The second-order valence-electron chi connectivity index (χ2n) is 3.69. The third-order valence-corrected chi connectivity index (χ3v) is 3.46. The lowest BCUT2D eigenvalue weighted by atomic mass is 10.3. The van der Waals surface area contributed by atoms with Crippen LogP contribution >= 0.6 is 11.3 Å². The van der Waals surface area contributed by atoms with Crippen molar-refractivity contribution in [2.45, 2.75) is 13.3 Å². The fourth-order valence-electron chi connectivity index (χ4n) is 1.45. The molecule has 0 radical (unpaired) electrons. The van der Waals surface area contributed by atoms with Crippen LogP contribution in [0.15, 0.2) is 24.3 Å². The monoisotopic (exact) mass is 262 g/mol. The van der Waals surface area contributed by atoms with E-state index >= 15 is 0 Å². The van der Waals surface area contributed by atoms with E-state index in [2.05, 4.69) is 11.1 Å². The molecule has 0 atom stereocenters. The first kappa shape index (κ1) is 12.5. The first-order chi connectivity index (χ1) is 8.69. The predicted molar refractivity (Wildman–Crippen MR) is 67.2 cm³/mol. The van der Waals surface area contributed by atoms with Gasteiger partial charge in [-0.3, -0.25) is 0 Å². The van der Waals surface area contributed by atoms with E-state index in [1.807, 2.05) is 6.92 Å². The van der Waals surface area contributed by atoms with Crippen molar-refractivity contribution in [1.29, 1.82) is 5.26 Å². The molecule has 2 rings (SSSR count). The fourth-order valence-corrected chi connectivity index (χ4v) is 2.29. The van der Waals surface area contributed by atoms with Crippen molar-refractivity contribution in [2.24, 2.45) is 0 Å². The fraction of sp³-hybridized carbons (Fsp3) is 0.231. The lowest BCUT2D eigenvalue weighted by Gasteiger charge is -2.03. The number of aryl methyl sites for hydroxylation is 1. The van der Waals surface area contributed by atoms with Crippen molar-refractivity contribution in [3.05, 3.63) is 45.7 Å². The minimum Gasteiger partial charge on any atom is -0.493 e. The summed E-state index contributed by atoms with van der Waals surface area (Å²) in [6, 6.07) is 7.99. The minimum absolute atomic E-state index is 0.281. The van der Waals surface area contributed by atoms with Crippen LogP contribution in [-0.2, 0) is 6.42 Å². The highest BCUT2D eigenvalue weighted by Gasteiger charge is 2.06. The van der Waals surface area contributed by atoms with Crippen LogP contribution in [0.3, 0.4) is 0 Å². The maximum atomic E-state index is 12.7. The Hall–Kier alpha value is -1.93. The van der Waals surface area contributed by atoms with E-state index in [0.29, 0.717) is 23.7 Å². The molecule has 0 N–H and O–H groups in total. The molecule has 0 fully saturated rings. The van der Waals surface area contributed by atoms with Gasteiger partial charge in [-0.05, 0) is 31.2 Å². The number of benzene rings is 1. The van der Waals surface area contributed by atoms with Crippen molar-refractivity contribution in [3.63, 3.8) is 0 Å². The number of halogens is 1. The Labute approximate surface area is 108 Å². The summed E-state index contributed by atoms with van der Waals surface area (Å²) in [7, 11) is 0. The minimum atomic E-state index is -0.281. The van der Waals surface area contributed by atoms with Gasteiger partial charge in [-0.15, -0.1) is 11.3 Å². The molecule has 18 heavy (non-hydrogen) atoms. The van der Waals surface area contributed by atoms with E-state index < -0.39 is 0 Å². The number of nitriles is 1. The first-order valence-electron chi connectivity index (χ1n) is 5.44. The molecule has 92 valence electrons. The zero-order valence-corrected chi connectivity index (χ0v) is 10.6. The summed E-state index contributed by atoms with van der Waals surface area (Å²) in [4.78, 5) is 4.93. The van der Waals surface area contributed by atoms with E-state index in [4.69, 9.17) is 10.00 Å². The lowest BCUT2D eigenvalue weighted by molar-refractivity contribution is 0.321. The smallest absolute Gasteiger partial charge is 0.127 e. The standard InChI is InChI=1S/C13H11FN2OS/c1-9-12(8-15)18-13(16-9)6-7-17-11-4-2-10(14)3-5-11/h2-5H,6-7H2,1H3. The SMILES string of the molecule is Cc1nc(CCOc2ccc(F)cc2)sc1C#N. The van der Waals surface area contributed by atoms with Gasteiger partial charge in [0.1, 0.15) is 22.5 Å². The molecule has 0 bridgehead atoms. The Morgan fingerprint density at radius 1 is 1.39 bits per heavy atom. The molecule has 0 saturated heterocycles. The molecule has 1 heterocycles. The third-order valence-electron chi connectivity index (χ3n) is 2.34. The summed E-state index contributed by atoms with van der Waals surface area (Å²) in [5, 5.41) is 9.70. The second-order valence-corrected chi connectivity index (χ2v) is 4.77. The number of thiazole rings is 1. The molecule has 0 spiro atoms. The van der Waals surface area contributed by atoms with Gasteiger partial charge in [0.15, 0.2) is 0 Å². The van der Waals surface area contributed by atoms with Gasteiger partial charge in [0.2, 0.25) is 0 Å². The molecule has 0 amide bonds. The van der Waals surface area contributed by atoms with Gasteiger partial charge in [-0.25, -0.2) is 9.37 Å². The number of ether oxygens (including phenoxy) is 1. The number of hydrogen-bond acceptors (Lipinski definition) is 4. The van der Waals surface area contributed by atoms with Crippen molar-refractivity contribution >= 4 is 11.3 Å². The summed E-state index contributed by atoms with van der Waals surface area (Å²) in [6.45, 7) is 2.28. The van der Waals surface area contributed by atoms with E-state index in [-0.39, 0.29) is 5.82 Å². The van der Waals surface area contributed by atoms with E-state index in [9.17, 15) is 4.39 Å². The average molecular weight is 262 g/mol. The van der Waals surface area contributed by atoms with Gasteiger partial charge >= 0.3 is 0 Å². The lowest BCUT2D eigenvalue weighted by Crippen LogP contribution is -2.01. The Bertz CT molecular complexity index is 572. The first-order valence-corrected chi connectivity index (χ1v) is 6.25. The summed E-state index contributed by atoms with van der Waals surface area (Å²) >= 11 is 1.38. The van der Waals surface area contributed by atoms with Gasteiger partial charge in [-0.2, -0.15) is 5.26 Å². The molecule has 1 aromatic carbocycles. The molecule has 0 aliphatic heterocycles. The highest BCUT2D eigenvalue weighted by molar-refractivity contribution is 7.12. The van der Waals surface area contributed by atoms with Crippen LogP contribution in [0.1, 0.15) is 15.6 Å². The Morgan fingerprint density at radius 3 is 2.72 bits per heavy atom. The van der Waals surface area contributed by atoms with Crippen molar-refractivity contribution in [1.82, 2.24) is 4.98 Å².